The number of benzene rings is 2. The Bertz CT molecular complexity index is 795. The van der Waals surface area contributed by atoms with Crippen molar-refractivity contribution < 1.29 is 17.6 Å². The summed E-state index contributed by atoms with van der Waals surface area (Å²) >= 11 is 5.69. The highest BCUT2D eigenvalue weighted by atomic mass is 35.5. The first-order valence-corrected chi connectivity index (χ1v) is 8.50. The van der Waals surface area contributed by atoms with Gasteiger partial charge in [-0.1, -0.05) is 29.8 Å². The van der Waals surface area contributed by atoms with Crippen LogP contribution in [0.4, 0.5) is 4.39 Å². The molecule has 122 valence electrons. The van der Waals surface area contributed by atoms with E-state index in [1.54, 1.807) is 12.1 Å². The van der Waals surface area contributed by atoms with Gasteiger partial charge in [0, 0.05) is 17.1 Å². The maximum Gasteiger partial charge on any atom is 0.241 e. The van der Waals surface area contributed by atoms with Crippen LogP contribution in [-0.2, 0) is 21.4 Å². The molecule has 8 heteroatoms. The quantitative estimate of drug-likeness (QED) is 0.832. The fraction of sp³-hybridized carbons (Fsp3) is 0.133. The van der Waals surface area contributed by atoms with E-state index < -0.39 is 28.3 Å². The van der Waals surface area contributed by atoms with Crippen LogP contribution in [0.2, 0.25) is 5.02 Å². The summed E-state index contributed by atoms with van der Waals surface area (Å²) in [4.78, 5) is 11.7. The monoisotopic (exact) mass is 356 g/mol. The molecule has 0 fully saturated rings. The van der Waals surface area contributed by atoms with Gasteiger partial charge in [-0.25, -0.2) is 17.5 Å². The zero-order chi connectivity index (χ0) is 16.9. The Kier molecular flexibility index (Phi) is 5.70. The van der Waals surface area contributed by atoms with Crippen LogP contribution in [0.25, 0.3) is 0 Å². The summed E-state index contributed by atoms with van der Waals surface area (Å²) in [5.41, 5.74) is 0.321. The van der Waals surface area contributed by atoms with E-state index >= 15 is 0 Å². The van der Waals surface area contributed by atoms with Crippen LogP contribution < -0.4 is 10.0 Å². The van der Waals surface area contributed by atoms with Gasteiger partial charge < -0.3 is 5.32 Å². The smallest absolute Gasteiger partial charge is 0.241 e. The molecule has 0 saturated heterocycles. The van der Waals surface area contributed by atoms with Crippen molar-refractivity contribution in [3.63, 3.8) is 0 Å². The number of carbonyl (C=O) groups excluding carboxylic acids is 1. The summed E-state index contributed by atoms with van der Waals surface area (Å²) < 4.78 is 39.5. The minimum atomic E-state index is -3.81. The molecule has 0 radical (unpaired) electrons. The number of carbonyl (C=O) groups is 1. The van der Waals surface area contributed by atoms with Gasteiger partial charge in [0.1, 0.15) is 5.82 Å². The first-order chi connectivity index (χ1) is 10.9. The molecule has 0 aliphatic heterocycles. The van der Waals surface area contributed by atoms with Crippen LogP contribution >= 0.6 is 11.6 Å². The first kappa shape index (κ1) is 17.4. The lowest BCUT2D eigenvalue weighted by Crippen LogP contribution is -2.36. The summed E-state index contributed by atoms with van der Waals surface area (Å²) in [6.07, 6.45) is 0. The summed E-state index contributed by atoms with van der Waals surface area (Å²) in [6.45, 7) is -0.465. The fourth-order valence-corrected chi connectivity index (χ4v) is 2.86. The van der Waals surface area contributed by atoms with Gasteiger partial charge in [-0.3, -0.25) is 4.79 Å². The Balaban J connectivity index is 1.89. The summed E-state index contributed by atoms with van der Waals surface area (Å²) in [7, 11) is -3.81. The summed E-state index contributed by atoms with van der Waals surface area (Å²) in [5, 5.41) is 2.85. The molecule has 0 aliphatic rings. The van der Waals surface area contributed by atoms with Crippen molar-refractivity contribution >= 4 is 27.5 Å². The van der Waals surface area contributed by atoms with Crippen LogP contribution in [0.5, 0.6) is 0 Å². The number of hydrogen-bond donors (Lipinski definition) is 2. The maximum absolute atomic E-state index is 13.4. The van der Waals surface area contributed by atoms with Crippen LogP contribution in [0.3, 0.4) is 0 Å². The van der Waals surface area contributed by atoms with Gasteiger partial charge in [0.15, 0.2) is 0 Å². The molecule has 0 bridgehead atoms. The van der Waals surface area contributed by atoms with Gasteiger partial charge in [-0.05, 0) is 30.3 Å². The van der Waals surface area contributed by atoms with Crippen molar-refractivity contribution in [2.45, 2.75) is 11.4 Å². The molecule has 1 amide bonds. The average molecular weight is 357 g/mol. The Morgan fingerprint density at radius 2 is 1.74 bits per heavy atom. The lowest BCUT2D eigenvalue weighted by molar-refractivity contribution is -0.120. The van der Waals surface area contributed by atoms with E-state index in [4.69, 9.17) is 11.6 Å². The van der Waals surface area contributed by atoms with Gasteiger partial charge in [0.2, 0.25) is 15.9 Å². The molecule has 0 unspecified atom stereocenters. The van der Waals surface area contributed by atoms with Crippen molar-refractivity contribution in [2.75, 3.05) is 6.54 Å². The molecule has 0 atom stereocenters. The molecule has 2 N–H and O–H groups in total. The minimum absolute atomic E-state index is 0.00352. The van der Waals surface area contributed by atoms with Crippen LogP contribution in [0.15, 0.2) is 53.4 Å². The lowest BCUT2D eigenvalue weighted by atomic mass is 10.2. The number of halogens is 2. The number of nitrogens with one attached hydrogen (secondary N) is 2. The predicted molar refractivity (Wildman–Crippen MR) is 84.9 cm³/mol. The van der Waals surface area contributed by atoms with Gasteiger partial charge >= 0.3 is 0 Å². The normalized spacial score (nSPS) is 11.2. The van der Waals surface area contributed by atoms with Gasteiger partial charge in [0.05, 0.1) is 11.4 Å². The number of amides is 1. The Labute approximate surface area is 138 Å². The number of hydrogen-bond acceptors (Lipinski definition) is 3. The van der Waals surface area contributed by atoms with Crippen LogP contribution in [-0.4, -0.2) is 20.9 Å². The van der Waals surface area contributed by atoms with Crippen LogP contribution in [0.1, 0.15) is 5.56 Å². The van der Waals surface area contributed by atoms with E-state index in [9.17, 15) is 17.6 Å². The first-order valence-electron chi connectivity index (χ1n) is 6.64. The van der Waals surface area contributed by atoms with Crippen molar-refractivity contribution in [3.05, 3.63) is 64.9 Å². The molecule has 0 aromatic heterocycles. The molecule has 0 aliphatic carbocycles. The van der Waals surface area contributed by atoms with Gasteiger partial charge in [0.25, 0.3) is 0 Å². The largest absolute Gasteiger partial charge is 0.351 e. The van der Waals surface area contributed by atoms with Crippen molar-refractivity contribution in [3.8, 4) is 0 Å². The van der Waals surface area contributed by atoms with Gasteiger partial charge in [-0.2, -0.15) is 0 Å². The predicted octanol–water partition coefficient (Wildman–Crippen LogP) is 2.07. The highest BCUT2D eigenvalue weighted by molar-refractivity contribution is 7.89. The average Bonchev–Trinajstić information content (AvgIpc) is 2.53. The van der Waals surface area contributed by atoms with Crippen LogP contribution in [0, 0.1) is 5.82 Å². The third kappa shape index (κ3) is 5.02. The summed E-state index contributed by atoms with van der Waals surface area (Å²) in [5.74, 6) is -1.000. The number of sulfonamides is 1. The summed E-state index contributed by atoms with van der Waals surface area (Å²) in [6, 6.07) is 11.6. The topological polar surface area (TPSA) is 75.3 Å². The second-order valence-corrected chi connectivity index (χ2v) is 6.85. The molecule has 0 spiro atoms. The van der Waals surface area contributed by atoms with E-state index in [0.29, 0.717) is 10.6 Å². The Hall–Kier alpha value is -1.96. The zero-order valence-corrected chi connectivity index (χ0v) is 13.5. The molecule has 2 aromatic rings. The van der Waals surface area contributed by atoms with E-state index in [1.165, 1.54) is 36.4 Å². The zero-order valence-electron chi connectivity index (χ0n) is 11.9. The maximum atomic E-state index is 13.4. The molecule has 5 nitrogen and oxygen atoms in total. The second kappa shape index (κ2) is 7.54. The molecule has 0 saturated carbocycles. The Morgan fingerprint density at radius 1 is 1.09 bits per heavy atom. The molecule has 0 heterocycles. The molecular weight excluding hydrogens is 343 g/mol. The number of rotatable bonds is 6. The van der Waals surface area contributed by atoms with Gasteiger partial charge in [-0.15, -0.1) is 0 Å². The molecule has 2 aromatic carbocycles. The highest BCUT2D eigenvalue weighted by Crippen LogP contribution is 2.13. The van der Waals surface area contributed by atoms with Crippen molar-refractivity contribution in [1.82, 2.24) is 10.0 Å². The molecule has 2 rings (SSSR count). The second-order valence-electron chi connectivity index (χ2n) is 4.65. The van der Waals surface area contributed by atoms with E-state index in [-0.39, 0.29) is 11.4 Å². The molecular formula is C15H14ClFN2O3S. The van der Waals surface area contributed by atoms with Crippen molar-refractivity contribution in [1.29, 1.82) is 0 Å². The standard InChI is InChI=1S/C15H14ClFN2O3S/c16-12-5-7-13(8-6-12)23(21,22)19-10-15(20)18-9-11-3-1-2-4-14(11)17/h1-8,19H,9-10H2,(H,18,20). The third-order valence-electron chi connectivity index (χ3n) is 2.98. The highest BCUT2D eigenvalue weighted by Gasteiger charge is 2.15. The van der Waals surface area contributed by atoms with Crippen molar-refractivity contribution in [2.24, 2.45) is 0 Å². The fourth-order valence-electron chi connectivity index (χ4n) is 1.76. The van der Waals surface area contributed by atoms with E-state index in [2.05, 4.69) is 10.0 Å². The van der Waals surface area contributed by atoms with E-state index in [1.807, 2.05) is 0 Å². The SMILES string of the molecule is O=C(CNS(=O)(=O)c1ccc(Cl)cc1)NCc1ccccc1F. The Morgan fingerprint density at radius 3 is 2.39 bits per heavy atom. The third-order valence-corrected chi connectivity index (χ3v) is 4.65. The van der Waals surface area contributed by atoms with E-state index in [0.717, 1.165) is 0 Å². The molecule has 23 heavy (non-hydrogen) atoms. The lowest BCUT2D eigenvalue weighted by Gasteiger charge is -2.08. The minimum Gasteiger partial charge on any atom is -0.351 e.